The molecule has 0 bridgehead atoms. The Morgan fingerprint density at radius 3 is 2.67 bits per heavy atom. The maximum Gasteiger partial charge on any atom is 0.254 e. The van der Waals surface area contributed by atoms with Gasteiger partial charge in [0.25, 0.3) is 6.43 Å². The van der Waals surface area contributed by atoms with Gasteiger partial charge in [-0.3, -0.25) is 15.0 Å². The second-order valence-corrected chi connectivity index (χ2v) is 6.66. The Kier molecular flexibility index (Phi) is 4.83. The molecule has 3 heterocycles. The normalized spacial score (nSPS) is 24.4. The number of anilines is 1. The lowest BCUT2D eigenvalue weighted by atomic mass is 10.1. The van der Waals surface area contributed by atoms with Crippen molar-refractivity contribution in [3.63, 3.8) is 0 Å². The van der Waals surface area contributed by atoms with Crippen LogP contribution in [0.25, 0.3) is 10.9 Å². The summed E-state index contributed by atoms with van der Waals surface area (Å²) >= 11 is 0. The molecular weight excluding hydrogens is 361 g/mol. The maximum atomic E-state index is 13.6. The van der Waals surface area contributed by atoms with Crippen LogP contribution in [0, 0.1) is 5.82 Å². The highest BCUT2D eigenvalue weighted by molar-refractivity contribution is 5.89. The Bertz CT molecular complexity index is 843. The Morgan fingerprint density at radius 2 is 1.93 bits per heavy atom. The number of nitrogens with one attached hydrogen (secondary N) is 2. The first kappa shape index (κ1) is 17.9. The molecule has 1 amide bonds. The fourth-order valence-corrected chi connectivity index (χ4v) is 3.53. The van der Waals surface area contributed by atoms with Gasteiger partial charge in [-0.25, -0.2) is 23.1 Å². The summed E-state index contributed by atoms with van der Waals surface area (Å²) in [5, 5.41) is 6.14. The van der Waals surface area contributed by atoms with Gasteiger partial charge in [0.2, 0.25) is 5.91 Å². The summed E-state index contributed by atoms with van der Waals surface area (Å²) in [5.41, 5.74) is 0.657. The van der Waals surface area contributed by atoms with Crippen molar-refractivity contribution in [3.8, 4) is 0 Å². The topological polar surface area (TPSA) is 73.4 Å². The molecule has 2 atom stereocenters. The summed E-state index contributed by atoms with van der Waals surface area (Å²) in [4.78, 5) is 24.1. The number of halogens is 3. The van der Waals surface area contributed by atoms with Crippen molar-refractivity contribution in [2.75, 3.05) is 31.1 Å². The first-order valence-corrected chi connectivity index (χ1v) is 8.74. The predicted molar refractivity (Wildman–Crippen MR) is 92.8 cm³/mol. The summed E-state index contributed by atoms with van der Waals surface area (Å²) in [6.07, 6.45) is -2.00. The Morgan fingerprint density at radius 1 is 1.15 bits per heavy atom. The van der Waals surface area contributed by atoms with Crippen molar-refractivity contribution in [3.05, 3.63) is 30.3 Å². The maximum absolute atomic E-state index is 13.6. The molecule has 2 aliphatic heterocycles. The molecule has 1 aromatic carbocycles. The first-order valence-electron chi connectivity index (χ1n) is 8.74. The van der Waals surface area contributed by atoms with Gasteiger partial charge in [0.15, 0.2) is 0 Å². The second kappa shape index (κ2) is 7.28. The molecule has 27 heavy (non-hydrogen) atoms. The van der Waals surface area contributed by atoms with E-state index < -0.39 is 18.8 Å². The molecule has 10 heteroatoms. The standard InChI is InChI=1S/C17H19F3N6O/c18-10-1-2-12-11(7-10)16(22-9-21-12)25-3-5-26(6-4-25)17-23-13(15(19)20)8-14(27)24-17/h1-2,7,9,13,15,17,23H,3-6,8H2,(H,24,27). The molecule has 0 radical (unpaired) electrons. The third kappa shape index (κ3) is 3.67. The van der Waals surface area contributed by atoms with Crippen LogP contribution in [0.4, 0.5) is 19.0 Å². The van der Waals surface area contributed by atoms with E-state index in [9.17, 15) is 18.0 Å². The summed E-state index contributed by atoms with van der Waals surface area (Å²) < 4.78 is 39.6. The molecule has 2 unspecified atom stereocenters. The molecular formula is C17H19F3N6O. The number of aromatic nitrogens is 2. The van der Waals surface area contributed by atoms with Crippen LogP contribution in [0.5, 0.6) is 0 Å². The van der Waals surface area contributed by atoms with Crippen LogP contribution in [0.15, 0.2) is 24.5 Å². The zero-order chi connectivity index (χ0) is 19.0. The number of fused-ring (bicyclic) bond motifs is 1. The lowest BCUT2D eigenvalue weighted by molar-refractivity contribution is -0.129. The van der Waals surface area contributed by atoms with E-state index in [-0.39, 0.29) is 18.1 Å². The number of benzene rings is 1. The Balaban J connectivity index is 1.46. The molecule has 0 saturated carbocycles. The summed E-state index contributed by atoms with van der Waals surface area (Å²) in [6.45, 7) is 2.20. The van der Waals surface area contributed by atoms with Crippen molar-refractivity contribution < 1.29 is 18.0 Å². The van der Waals surface area contributed by atoms with Gasteiger partial charge in [-0.15, -0.1) is 0 Å². The minimum Gasteiger partial charge on any atom is -0.353 e. The monoisotopic (exact) mass is 380 g/mol. The molecule has 1 aromatic heterocycles. The SMILES string of the molecule is O=C1CC(C(F)F)NC(N2CCN(c3ncnc4ccc(F)cc34)CC2)N1. The number of alkyl halides is 2. The summed E-state index contributed by atoms with van der Waals surface area (Å²) in [7, 11) is 0. The molecule has 7 nitrogen and oxygen atoms in total. The lowest BCUT2D eigenvalue weighted by Crippen LogP contribution is -2.67. The quantitative estimate of drug-likeness (QED) is 0.825. The molecule has 2 saturated heterocycles. The van der Waals surface area contributed by atoms with E-state index in [1.165, 1.54) is 18.5 Å². The zero-order valence-corrected chi connectivity index (χ0v) is 14.4. The molecule has 0 aliphatic carbocycles. The largest absolute Gasteiger partial charge is 0.353 e. The Labute approximate surface area is 153 Å². The highest BCUT2D eigenvalue weighted by Gasteiger charge is 2.35. The van der Waals surface area contributed by atoms with E-state index in [0.29, 0.717) is 42.9 Å². The number of piperazine rings is 1. The van der Waals surface area contributed by atoms with E-state index in [2.05, 4.69) is 20.6 Å². The number of carbonyl (C=O) groups is 1. The third-order valence-electron chi connectivity index (χ3n) is 4.93. The number of rotatable bonds is 3. The van der Waals surface area contributed by atoms with Gasteiger partial charge in [0.05, 0.1) is 11.6 Å². The van der Waals surface area contributed by atoms with Crippen LogP contribution in [0.2, 0.25) is 0 Å². The molecule has 4 rings (SSSR count). The Hall–Kier alpha value is -2.46. The van der Waals surface area contributed by atoms with Gasteiger partial charge in [-0.1, -0.05) is 0 Å². The van der Waals surface area contributed by atoms with E-state index in [1.807, 2.05) is 9.80 Å². The highest BCUT2D eigenvalue weighted by Crippen LogP contribution is 2.25. The predicted octanol–water partition coefficient (Wildman–Crippen LogP) is 0.918. The number of hydrogen-bond donors (Lipinski definition) is 2. The van der Waals surface area contributed by atoms with Crippen molar-refractivity contribution >= 4 is 22.6 Å². The highest BCUT2D eigenvalue weighted by atomic mass is 19.3. The van der Waals surface area contributed by atoms with Gasteiger partial charge in [0, 0.05) is 38.0 Å². The number of amides is 1. The zero-order valence-electron chi connectivity index (χ0n) is 14.4. The van der Waals surface area contributed by atoms with Crippen LogP contribution in [-0.2, 0) is 4.79 Å². The van der Waals surface area contributed by atoms with E-state index in [0.717, 1.165) is 0 Å². The van der Waals surface area contributed by atoms with Crippen LogP contribution in [0.1, 0.15) is 6.42 Å². The minimum atomic E-state index is -2.60. The average Bonchev–Trinajstić information content (AvgIpc) is 2.67. The van der Waals surface area contributed by atoms with Crippen molar-refractivity contribution in [1.29, 1.82) is 0 Å². The second-order valence-electron chi connectivity index (χ2n) is 6.66. The van der Waals surface area contributed by atoms with Gasteiger partial charge < -0.3 is 10.2 Å². The number of hydrogen-bond acceptors (Lipinski definition) is 6. The van der Waals surface area contributed by atoms with Gasteiger partial charge in [0.1, 0.15) is 24.3 Å². The summed E-state index contributed by atoms with van der Waals surface area (Å²) in [6, 6.07) is 3.23. The fourth-order valence-electron chi connectivity index (χ4n) is 3.53. The number of carbonyl (C=O) groups excluding carboxylic acids is 1. The van der Waals surface area contributed by atoms with Crippen molar-refractivity contribution in [2.24, 2.45) is 0 Å². The van der Waals surface area contributed by atoms with Crippen LogP contribution in [0.3, 0.4) is 0 Å². The van der Waals surface area contributed by atoms with E-state index >= 15 is 0 Å². The molecule has 2 aliphatic rings. The van der Waals surface area contributed by atoms with Crippen molar-refractivity contribution in [2.45, 2.75) is 25.2 Å². The smallest absolute Gasteiger partial charge is 0.254 e. The van der Waals surface area contributed by atoms with Crippen molar-refractivity contribution in [1.82, 2.24) is 25.5 Å². The average molecular weight is 380 g/mol. The molecule has 144 valence electrons. The van der Waals surface area contributed by atoms with Crippen LogP contribution < -0.4 is 15.5 Å². The van der Waals surface area contributed by atoms with Crippen LogP contribution >= 0.6 is 0 Å². The molecule has 2 N–H and O–H groups in total. The lowest BCUT2D eigenvalue weighted by Gasteiger charge is -2.43. The van der Waals surface area contributed by atoms with Gasteiger partial charge >= 0.3 is 0 Å². The van der Waals surface area contributed by atoms with E-state index in [1.54, 1.807) is 6.07 Å². The van der Waals surface area contributed by atoms with E-state index in [4.69, 9.17) is 0 Å². The minimum absolute atomic E-state index is 0.230. The van der Waals surface area contributed by atoms with Crippen LogP contribution in [-0.4, -0.2) is 65.7 Å². The fraction of sp³-hybridized carbons (Fsp3) is 0.471. The summed E-state index contributed by atoms with van der Waals surface area (Å²) in [5.74, 6) is -0.0988. The number of nitrogens with zero attached hydrogens (tertiary/aromatic N) is 4. The molecule has 2 fully saturated rings. The molecule has 2 aromatic rings. The van der Waals surface area contributed by atoms with Gasteiger partial charge in [-0.2, -0.15) is 0 Å². The molecule has 0 spiro atoms. The third-order valence-corrected chi connectivity index (χ3v) is 4.93. The first-order chi connectivity index (χ1) is 13.0. The van der Waals surface area contributed by atoms with Gasteiger partial charge in [-0.05, 0) is 18.2 Å².